The number of hydrogen-bond donors (Lipinski definition) is 3. The van der Waals surface area contributed by atoms with Crippen molar-refractivity contribution in [3.63, 3.8) is 0 Å². The second-order valence-corrected chi connectivity index (χ2v) is 14.1. The molecule has 0 amide bonds. The summed E-state index contributed by atoms with van der Waals surface area (Å²) in [7, 11) is 0. The largest absolute Gasteiger partial charge is 0.387 e. The number of nitrogens with one attached hydrogen (secondary N) is 2. The molecule has 1 saturated carbocycles. The molecule has 0 spiro atoms. The SMILES string of the molecule is CC1(C)CC[C@@H](Cc2ccc(F)cc2)[C@]1(O)Cn1[nH]cnc1=S.Fc1ccc(C2(Cn3[nH]cnc3=S)OC2c2ccccc2Cl)c(F)c1. The number of aliphatic hydroxyl groups is 1. The van der Waals surface area contributed by atoms with Gasteiger partial charge in [0.05, 0.1) is 18.7 Å². The Kier molecular flexibility index (Phi) is 9.53. The first kappa shape index (κ1) is 34.3. The molecule has 0 radical (unpaired) electrons. The lowest BCUT2D eigenvalue weighted by atomic mass is 9.72. The molecule has 1 aliphatic heterocycles. The van der Waals surface area contributed by atoms with Gasteiger partial charge < -0.3 is 9.84 Å². The molecule has 7 rings (SSSR count). The van der Waals surface area contributed by atoms with Gasteiger partial charge in [0.1, 0.15) is 41.8 Å². The van der Waals surface area contributed by atoms with Gasteiger partial charge in [-0.3, -0.25) is 19.6 Å². The summed E-state index contributed by atoms with van der Waals surface area (Å²) in [6.07, 6.45) is 5.11. The molecule has 2 fully saturated rings. The van der Waals surface area contributed by atoms with E-state index in [4.69, 9.17) is 40.8 Å². The van der Waals surface area contributed by atoms with E-state index in [1.165, 1.54) is 30.6 Å². The Morgan fingerprint density at radius 2 is 1.54 bits per heavy atom. The number of ether oxygens (including phenoxy) is 1. The van der Waals surface area contributed by atoms with Gasteiger partial charge in [0.25, 0.3) is 0 Å². The summed E-state index contributed by atoms with van der Waals surface area (Å²) in [5.74, 6) is -1.47. The summed E-state index contributed by atoms with van der Waals surface area (Å²) in [6, 6.07) is 17.2. The first-order valence-corrected chi connectivity index (χ1v) is 16.6. The van der Waals surface area contributed by atoms with Crippen molar-refractivity contribution in [2.75, 3.05) is 0 Å². The Labute approximate surface area is 290 Å². The van der Waals surface area contributed by atoms with Gasteiger partial charge in [-0.1, -0.05) is 61.8 Å². The van der Waals surface area contributed by atoms with Gasteiger partial charge in [-0.15, -0.1) is 0 Å². The molecule has 0 bridgehead atoms. The lowest BCUT2D eigenvalue weighted by Gasteiger charge is -2.41. The minimum atomic E-state index is -1.05. The van der Waals surface area contributed by atoms with Crippen LogP contribution >= 0.6 is 36.0 Å². The molecule has 8 nitrogen and oxygen atoms in total. The number of hydrogen-bond acceptors (Lipinski definition) is 6. The number of aromatic amines is 2. The van der Waals surface area contributed by atoms with Crippen molar-refractivity contribution in [2.24, 2.45) is 11.3 Å². The number of halogens is 4. The fourth-order valence-electron chi connectivity index (χ4n) is 6.74. The highest BCUT2D eigenvalue weighted by Gasteiger charge is 2.61. The second kappa shape index (κ2) is 13.4. The maximum atomic E-state index is 14.5. The molecule has 2 unspecified atom stereocenters. The highest BCUT2D eigenvalue weighted by Crippen LogP contribution is 2.59. The number of H-pyrrole nitrogens is 2. The lowest BCUT2D eigenvalue weighted by molar-refractivity contribution is -0.0909. The van der Waals surface area contributed by atoms with Gasteiger partial charge in [0.15, 0.2) is 0 Å². The molecular weight excluding hydrogens is 681 g/mol. The van der Waals surface area contributed by atoms with Gasteiger partial charge in [-0.2, -0.15) is 0 Å². The molecule has 1 saturated heterocycles. The Morgan fingerprint density at radius 1 is 0.917 bits per heavy atom. The average molecular weight is 715 g/mol. The van der Waals surface area contributed by atoms with Gasteiger partial charge in [-0.25, -0.2) is 23.1 Å². The third-order valence-electron chi connectivity index (χ3n) is 9.66. The topological polar surface area (TPSA) is 100.0 Å². The zero-order chi connectivity index (χ0) is 34.3. The van der Waals surface area contributed by atoms with Crippen molar-refractivity contribution >= 4 is 36.0 Å². The van der Waals surface area contributed by atoms with Crippen LogP contribution in [-0.4, -0.2) is 40.2 Å². The highest BCUT2D eigenvalue weighted by atomic mass is 35.5. The van der Waals surface area contributed by atoms with E-state index in [1.807, 2.05) is 12.1 Å². The molecule has 3 aromatic carbocycles. The quantitative estimate of drug-likeness (QED) is 0.111. The van der Waals surface area contributed by atoms with Crippen molar-refractivity contribution in [3.8, 4) is 0 Å². The van der Waals surface area contributed by atoms with Crippen molar-refractivity contribution in [3.05, 3.63) is 128 Å². The van der Waals surface area contributed by atoms with Crippen LogP contribution in [0.2, 0.25) is 5.02 Å². The smallest absolute Gasteiger partial charge is 0.215 e. The Morgan fingerprint density at radius 3 is 2.15 bits per heavy atom. The standard InChI is InChI=1S/C17H12ClF2N3OS.C17H22FN3OS/c18-13-4-2-1-3-11(13)15-17(24-15,8-23-16(25)21-9-22-23)12-6-5-10(19)7-14(12)20;1-16(2)8-7-13(9-12-3-5-14(18)6-4-12)17(16,22)10-21-15(23)19-11-20-21/h1-7,9,15H,8H2,(H,21,22,25);3-6,11,13,22H,7-10H2,1-2H3,(H,19,20,23)/t;13-,17+/m.0/s1. The Balaban J connectivity index is 0.000000168. The molecule has 48 heavy (non-hydrogen) atoms. The van der Waals surface area contributed by atoms with Gasteiger partial charge in [0, 0.05) is 22.2 Å². The van der Waals surface area contributed by atoms with E-state index >= 15 is 0 Å². The maximum Gasteiger partial charge on any atom is 0.215 e. The lowest BCUT2D eigenvalue weighted by Crippen LogP contribution is -2.49. The third-order valence-corrected chi connectivity index (χ3v) is 10.7. The third kappa shape index (κ3) is 6.66. The Hall–Kier alpha value is -3.62. The maximum absolute atomic E-state index is 14.5. The predicted molar refractivity (Wildman–Crippen MR) is 180 cm³/mol. The molecule has 14 heteroatoms. The zero-order valence-corrected chi connectivity index (χ0v) is 28.6. The summed E-state index contributed by atoms with van der Waals surface area (Å²) in [4.78, 5) is 7.99. The molecule has 4 atom stereocenters. The molecule has 1 aliphatic carbocycles. The summed E-state index contributed by atoms with van der Waals surface area (Å²) < 4.78 is 50.9. The fraction of sp³-hybridized carbons (Fsp3) is 0.353. The minimum absolute atomic E-state index is 0.0909. The first-order valence-electron chi connectivity index (χ1n) is 15.4. The van der Waals surface area contributed by atoms with Crippen LogP contribution in [0.3, 0.4) is 0 Å². The van der Waals surface area contributed by atoms with Gasteiger partial charge >= 0.3 is 0 Å². The van der Waals surface area contributed by atoms with Crippen LogP contribution < -0.4 is 0 Å². The first-order chi connectivity index (χ1) is 22.8. The summed E-state index contributed by atoms with van der Waals surface area (Å²) in [5, 5.41) is 17.9. The molecule has 2 aliphatic rings. The van der Waals surface area contributed by atoms with Crippen molar-refractivity contribution < 1.29 is 23.0 Å². The molecule has 3 heterocycles. The van der Waals surface area contributed by atoms with Crippen LogP contribution in [0.15, 0.2) is 79.4 Å². The fourth-order valence-corrected chi connectivity index (χ4v) is 7.32. The molecule has 3 N–H and O–H groups in total. The normalized spacial score (nSPS) is 24.2. The van der Waals surface area contributed by atoms with Crippen LogP contribution in [0.1, 0.15) is 49.5 Å². The van der Waals surface area contributed by atoms with E-state index in [0.29, 0.717) is 21.1 Å². The van der Waals surface area contributed by atoms with Crippen LogP contribution in [-0.2, 0) is 29.8 Å². The number of aromatic nitrogens is 6. The second-order valence-electron chi connectivity index (χ2n) is 12.9. The van der Waals surface area contributed by atoms with Crippen LogP contribution in [0.4, 0.5) is 13.2 Å². The van der Waals surface area contributed by atoms with E-state index in [9.17, 15) is 18.3 Å². The predicted octanol–water partition coefficient (Wildman–Crippen LogP) is 8.03. The van der Waals surface area contributed by atoms with Gasteiger partial charge in [-0.05, 0) is 84.9 Å². The highest BCUT2D eigenvalue weighted by molar-refractivity contribution is 7.71. The average Bonchev–Trinajstić information content (AvgIpc) is 3.23. The van der Waals surface area contributed by atoms with Crippen molar-refractivity contribution in [2.45, 2.75) is 63.5 Å². The number of epoxide rings is 1. The monoisotopic (exact) mass is 714 g/mol. The van der Waals surface area contributed by atoms with E-state index in [-0.39, 0.29) is 29.3 Å². The van der Waals surface area contributed by atoms with E-state index < -0.39 is 28.9 Å². The summed E-state index contributed by atoms with van der Waals surface area (Å²) >= 11 is 16.6. The number of nitrogens with zero attached hydrogens (tertiary/aromatic N) is 4. The van der Waals surface area contributed by atoms with E-state index in [1.54, 1.807) is 40.0 Å². The van der Waals surface area contributed by atoms with Crippen LogP contribution in [0, 0.1) is 38.3 Å². The van der Waals surface area contributed by atoms with Crippen LogP contribution in [0.5, 0.6) is 0 Å². The van der Waals surface area contributed by atoms with Crippen molar-refractivity contribution in [1.82, 2.24) is 29.5 Å². The molecule has 5 aromatic rings. The van der Waals surface area contributed by atoms with E-state index in [2.05, 4.69) is 34.0 Å². The minimum Gasteiger partial charge on any atom is -0.387 e. The number of benzene rings is 3. The van der Waals surface area contributed by atoms with Gasteiger partial charge in [0.2, 0.25) is 9.54 Å². The molecular formula is C34H34ClF3N6O2S2. The summed E-state index contributed by atoms with van der Waals surface area (Å²) in [6.45, 7) is 4.78. The molecule has 252 valence electrons. The number of rotatable bonds is 8. The van der Waals surface area contributed by atoms with Crippen LogP contribution in [0.25, 0.3) is 0 Å². The Bertz CT molecular complexity index is 2030. The van der Waals surface area contributed by atoms with E-state index in [0.717, 1.165) is 36.5 Å². The van der Waals surface area contributed by atoms with Crippen molar-refractivity contribution in [1.29, 1.82) is 0 Å². The summed E-state index contributed by atoms with van der Waals surface area (Å²) in [5.41, 5.74) is -0.146. The molecule has 2 aromatic heterocycles. The zero-order valence-electron chi connectivity index (χ0n) is 26.2.